The van der Waals surface area contributed by atoms with Gasteiger partial charge in [-0.25, -0.2) is 22.3 Å². The van der Waals surface area contributed by atoms with E-state index in [2.05, 4.69) is 9.62 Å². The molecule has 0 aliphatic carbocycles. The van der Waals surface area contributed by atoms with Crippen LogP contribution in [0.25, 0.3) is 0 Å². The van der Waals surface area contributed by atoms with E-state index < -0.39 is 32.3 Å². The molecule has 1 atom stereocenters. The molecule has 0 bridgehead atoms. The Morgan fingerprint density at radius 3 is 2.48 bits per heavy atom. The first-order valence-corrected chi connectivity index (χ1v) is 9.95. The Bertz CT molecular complexity index is 749. The molecule has 6 nitrogen and oxygen atoms in total. The van der Waals surface area contributed by atoms with E-state index in [1.165, 1.54) is 0 Å². The number of aromatic carboxylic acids is 1. The smallest absolute Gasteiger partial charge is 0.337 e. The van der Waals surface area contributed by atoms with Gasteiger partial charge < -0.3 is 5.11 Å². The molecule has 25 heavy (non-hydrogen) atoms. The van der Waals surface area contributed by atoms with Crippen molar-refractivity contribution < 1.29 is 22.7 Å². The molecule has 2 N–H and O–H groups in total. The summed E-state index contributed by atoms with van der Waals surface area (Å²) in [5, 5.41) is 8.71. The van der Waals surface area contributed by atoms with Gasteiger partial charge >= 0.3 is 5.97 Å². The minimum Gasteiger partial charge on any atom is -0.478 e. The molecule has 1 saturated heterocycles. The second kappa shape index (κ2) is 7.99. The highest BCUT2D eigenvalue weighted by atomic mass is 35.5. The van der Waals surface area contributed by atoms with Crippen LogP contribution in [0, 0.1) is 11.7 Å². The predicted octanol–water partition coefficient (Wildman–Crippen LogP) is 2.58. The largest absolute Gasteiger partial charge is 0.478 e. The van der Waals surface area contributed by atoms with Gasteiger partial charge in [-0.3, -0.25) is 4.90 Å². The molecule has 1 aromatic rings. The minimum absolute atomic E-state index is 0.00780. The van der Waals surface area contributed by atoms with Crippen molar-refractivity contribution in [2.24, 2.45) is 5.92 Å². The number of hydrogen-bond acceptors (Lipinski definition) is 4. The molecule has 0 unspecified atom stereocenters. The van der Waals surface area contributed by atoms with Gasteiger partial charge in [0.2, 0.25) is 10.0 Å². The molecule has 0 saturated carbocycles. The number of carbonyl (C=O) groups is 1. The zero-order valence-electron chi connectivity index (χ0n) is 14.1. The highest BCUT2D eigenvalue weighted by Crippen LogP contribution is 2.24. The lowest BCUT2D eigenvalue weighted by Crippen LogP contribution is -2.45. The van der Waals surface area contributed by atoms with Crippen molar-refractivity contribution in [2.45, 2.75) is 37.6 Å². The molecule has 1 aliphatic rings. The molecular formula is C16H22ClFN2O4S. The lowest BCUT2D eigenvalue weighted by atomic mass is 10.0. The summed E-state index contributed by atoms with van der Waals surface area (Å²) in [6.45, 7) is 5.95. The Kier molecular flexibility index (Phi) is 6.42. The van der Waals surface area contributed by atoms with Gasteiger partial charge in [-0.15, -0.1) is 0 Å². The summed E-state index contributed by atoms with van der Waals surface area (Å²) in [6.07, 6.45) is 2.15. The Hall–Kier alpha value is -1.22. The summed E-state index contributed by atoms with van der Waals surface area (Å²) in [6, 6.07) is 1.45. The molecule has 0 radical (unpaired) electrons. The van der Waals surface area contributed by atoms with Crippen molar-refractivity contribution >= 4 is 27.6 Å². The summed E-state index contributed by atoms with van der Waals surface area (Å²) < 4.78 is 41.4. The van der Waals surface area contributed by atoms with Crippen LogP contribution in [0.2, 0.25) is 5.02 Å². The van der Waals surface area contributed by atoms with E-state index in [1.54, 1.807) is 0 Å². The highest BCUT2D eigenvalue weighted by molar-refractivity contribution is 7.89. The van der Waals surface area contributed by atoms with Gasteiger partial charge in [0.1, 0.15) is 10.7 Å². The van der Waals surface area contributed by atoms with Crippen molar-refractivity contribution in [1.82, 2.24) is 9.62 Å². The van der Waals surface area contributed by atoms with Crippen LogP contribution in [-0.4, -0.2) is 50.1 Å². The van der Waals surface area contributed by atoms with E-state index in [0.29, 0.717) is 6.07 Å². The first kappa shape index (κ1) is 20.1. The Morgan fingerprint density at radius 1 is 1.36 bits per heavy atom. The number of halogens is 2. The summed E-state index contributed by atoms with van der Waals surface area (Å²) in [5.74, 6) is -2.28. The third kappa shape index (κ3) is 4.69. The molecule has 1 aromatic carbocycles. The van der Waals surface area contributed by atoms with Gasteiger partial charge in [-0.2, -0.15) is 0 Å². The number of hydrogen-bond donors (Lipinski definition) is 2. The van der Waals surface area contributed by atoms with Gasteiger partial charge in [0, 0.05) is 12.6 Å². The number of nitrogens with one attached hydrogen (secondary N) is 1. The summed E-state index contributed by atoms with van der Waals surface area (Å²) in [7, 11) is -4.20. The van der Waals surface area contributed by atoms with Crippen LogP contribution < -0.4 is 4.72 Å². The number of carboxylic acid groups (broad SMARTS) is 1. The summed E-state index contributed by atoms with van der Waals surface area (Å²) >= 11 is 5.66. The van der Waals surface area contributed by atoms with Gasteiger partial charge in [-0.05, 0) is 44.0 Å². The number of benzene rings is 1. The van der Waals surface area contributed by atoms with Crippen molar-refractivity contribution in [3.05, 3.63) is 28.5 Å². The number of carboxylic acids is 1. The van der Waals surface area contributed by atoms with Crippen molar-refractivity contribution in [3.8, 4) is 0 Å². The van der Waals surface area contributed by atoms with Crippen molar-refractivity contribution in [1.29, 1.82) is 0 Å². The lowest BCUT2D eigenvalue weighted by molar-refractivity contribution is 0.0696. The maximum atomic E-state index is 14.1. The van der Waals surface area contributed by atoms with E-state index in [4.69, 9.17) is 16.7 Å². The molecule has 1 fully saturated rings. The Balaban J connectivity index is 2.23. The second-order valence-electron chi connectivity index (χ2n) is 6.47. The van der Waals surface area contributed by atoms with E-state index in [-0.39, 0.29) is 23.5 Å². The molecule has 140 valence electrons. The lowest BCUT2D eigenvalue weighted by Gasteiger charge is -2.30. The molecule has 9 heteroatoms. The quantitative estimate of drug-likeness (QED) is 0.744. The highest BCUT2D eigenvalue weighted by Gasteiger charge is 2.28. The zero-order valence-corrected chi connectivity index (χ0v) is 15.7. The minimum atomic E-state index is -4.20. The van der Waals surface area contributed by atoms with Crippen molar-refractivity contribution in [3.63, 3.8) is 0 Å². The van der Waals surface area contributed by atoms with Gasteiger partial charge in [0.15, 0.2) is 0 Å². The Labute approximate surface area is 152 Å². The number of rotatable bonds is 7. The number of nitrogens with zero attached hydrogens (tertiary/aromatic N) is 1. The summed E-state index contributed by atoms with van der Waals surface area (Å²) in [4.78, 5) is 12.6. The van der Waals surface area contributed by atoms with Gasteiger partial charge in [0.25, 0.3) is 0 Å². The summed E-state index contributed by atoms with van der Waals surface area (Å²) in [5.41, 5.74) is -0.455. The normalized spacial score (nSPS) is 17.2. The molecule has 1 heterocycles. The van der Waals surface area contributed by atoms with Crippen LogP contribution in [0.4, 0.5) is 4.39 Å². The second-order valence-corrected chi connectivity index (χ2v) is 8.62. The number of sulfonamides is 1. The SMILES string of the molecule is CC(C)[C@H](CNS(=O)(=O)c1cc(C(=O)O)c(Cl)cc1F)N1CCCC1. The molecular weight excluding hydrogens is 371 g/mol. The van der Waals surface area contributed by atoms with Crippen LogP contribution >= 0.6 is 11.6 Å². The molecule has 0 spiro atoms. The third-order valence-corrected chi connectivity index (χ3v) is 6.15. The zero-order chi connectivity index (χ0) is 18.8. The van der Waals surface area contributed by atoms with E-state index in [9.17, 15) is 17.6 Å². The topological polar surface area (TPSA) is 86.7 Å². The molecule has 1 aliphatic heterocycles. The number of likely N-dealkylation sites (tertiary alicyclic amines) is 1. The van der Waals surface area contributed by atoms with Crippen LogP contribution in [0.15, 0.2) is 17.0 Å². The fourth-order valence-electron chi connectivity index (χ4n) is 3.03. The van der Waals surface area contributed by atoms with Gasteiger partial charge in [-0.1, -0.05) is 25.4 Å². The maximum absolute atomic E-state index is 14.1. The molecule has 0 amide bonds. The van der Waals surface area contributed by atoms with E-state index >= 15 is 0 Å². The average molecular weight is 393 g/mol. The maximum Gasteiger partial charge on any atom is 0.337 e. The van der Waals surface area contributed by atoms with Crippen LogP contribution in [0.3, 0.4) is 0 Å². The van der Waals surface area contributed by atoms with Gasteiger partial charge in [0.05, 0.1) is 10.6 Å². The fraction of sp³-hybridized carbons (Fsp3) is 0.562. The average Bonchev–Trinajstić information content (AvgIpc) is 3.00. The molecule has 0 aromatic heterocycles. The third-order valence-electron chi connectivity index (χ3n) is 4.40. The van der Waals surface area contributed by atoms with Crippen molar-refractivity contribution in [2.75, 3.05) is 19.6 Å². The van der Waals surface area contributed by atoms with E-state index in [0.717, 1.165) is 32.0 Å². The van der Waals surface area contributed by atoms with Crippen LogP contribution in [0.5, 0.6) is 0 Å². The van der Waals surface area contributed by atoms with Crippen LogP contribution in [0.1, 0.15) is 37.0 Å². The molecule has 2 rings (SSSR count). The first-order chi connectivity index (χ1) is 11.6. The standard InChI is InChI=1S/C16H22ClFN2O4S/c1-10(2)14(20-5-3-4-6-20)9-19-25(23,24)15-7-11(16(21)22)12(17)8-13(15)18/h7-8,10,14,19H,3-6,9H2,1-2H3,(H,21,22)/t14-/m0/s1. The fourth-order valence-corrected chi connectivity index (χ4v) is 4.40. The Morgan fingerprint density at radius 2 is 1.96 bits per heavy atom. The monoisotopic (exact) mass is 392 g/mol. The first-order valence-electron chi connectivity index (χ1n) is 8.09. The predicted molar refractivity (Wildman–Crippen MR) is 93.0 cm³/mol. The van der Waals surface area contributed by atoms with Crippen LogP contribution in [-0.2, 0) is 10.0 Å². The van der Waals surface area contributed by atoms with E-state index in [1.807, 2.05) is 13.8 Å².